The molecule has 0 unspecified atom stereocenters. The van der Waals surface area contributed by atoms with Crippen molar-refractivity contribution < 1.29 is 24.1 Å². The number of rotatable bonds is 9. The number of carbonyl (C=O) groups is 1. The van der Waals surface area contributed by atoms with Crippen molar-refractivity contribution in [1.82, 2.24) is 4.98 Å². The van der Waals surface area contributed by atoms with Gasteiger partial charge in [0.1, 0.15) is 24.0 Å². The van der Waals surface area contributed by atoms with Crippen LogP contribution < -0.4 is 14.2 Å². The van der Waals surface area contributed by atoms with E-state index in [0.29, 0.717) is 30.4 Å². The van der Waals surface area contributed by atoms with Crippen molar-refractivity contribution in [3.63, 3.8) is 0 Å². The number of carboxylic acid groups (broad SMARTS) is 1. The second-order valence-electron chi connectivity index (χ2n) is 5.59. The summed E-state index contributed by atoms with van der Waals surface area (Å²) in [6.07, 6.45) is -0.0871. The number of aromatic nitrogens is 1. The van der Waals surface area contributed by atoms with Crippen LogP contribution in [0.5, 0.6) is 17.2 Å². The van der Waals surface area contributed by atoms with Crippen LogP contribution in [-0.2, 0) is 11.2 Å². The first kappa shape index (κ1) is 18.7. The average molecular weight is 385 g/mol. The molecule has 0 aliphatic carbocycles. The zero-order valence-electron chi connectivity index (χ0n) is 14.8. The highest BCUT2D eigenvalue weighted by Crippen LogP contribution is 2.33. The summed E-state index contributed by atoms with van der Waals surface area (Å²) >= 11 is 1.40. The SMILES string of the molecule is COc1cc(-c2nc(CC(=O)O)cs2)ccc1OCCOc1ccccc1. The van der Waals surface area contributed by atoms with E-state index in [-0.39, 0.29) is 6.42 Å². The third kappa shape index (κ3) is 5.21. The summed E-state index contributed by atoms with van der Waals surface area (Å²) < 4.78 is 16.8. The molecule has 0 aliphatic rings. The Morgan fingerprint density at radius 3 is 2.59 bits per heavy atom. The summed E-state index contributed by atoms with van der Waals surface area (Å²) in [5.74, 6) is 1.10. The maximum atomic E-state index is 10.8. The Hall–Kier alpha value is -3.06. The second kappa shape index (κ2) is 9.05. The van der Waals surface area contributed by atoms with E-state index < -0.39 is 5.97 Å². The third-order valence-corrected chi connectivity index (χ3v) is 4.59. The lowest BCUT2D eigenvalue weighted by atomic mass is 10.2. The normalized spacial score (nSPS) is 10.4. The second-order valence-corrected chi connectivity index (χ2v) is 6.45. The Bertz CT molecular complexity index is 894. The third-order valence-electron chi connectivity index (χ3n) is 3.65. The van der Waals surface area contributed by atoms with E-state index >= 15 is 0 Å². The van der Waals surface area contributed by atoms with Gasteiger partial charge in [-0.2, -0.15) is 0 Å². The van der Waals surface area contributed by atoms with E-state index in [1.54, 1.807) is 12.5 Å². The highest BCUT2D eigenvalue weighted by atomic mass is 32.1. The highest BCUT2D eigenvalue weighted by Gasteiger charge is 2.11. The number of hydrogen-bond acceptors (Lipinski definition) is 6. The van der Waals surface area contributed by atoms with Crippen LogP contribution in [0.4, 0.5) is 0 Å². The van der Waals surface area contributed by atoms with Gasteiger partial charge in [-0.25, -0.2) is 4.98 Å². The van der Waals surface area contributed by atoms with Crippen molar-refractivity contribution in [1.29, 1.82) is 0 Å². The van der Waals surface area contributed by atoms with Crippen molar-refractivity contribution in [3.05, 3.63) is 59.6 Å². The number of thiazole rings is 1. The fourth-order valence-electron chi connectivity index (χ4n) is 2.42. The van der Waals surface area contributed by atoms with Crippen molar-refractivity contribution in [2.45, 2.75) is 6.42 Å². The lowest BCUT2D eigenvalue weighted by molar-refractivity contribution is -0.136. The summed E-state index contributed by atoms with van der Waals surface area (Å²) in [5.41, 5.74) is 1.39. The lowest BCUT2D eigenvalue weighted by Gasteiger charge is -2.12. The molecule has 0 radical (unpaired) electrons. The Morgan fingerprint density at radius 2 is 1.85 bits per heavy atom. The number of para-hydroxylation sites is 1. The van der Waals surface area contributed by atoms with E-state index in [2.05, 4.69) is 4.98 Å². The number of nitrogens with zero attached hydrogens (tertiary/aromatic N) is 1. The molecule has 0 saturated heterocycles. The molecule has 0 spiro atoms. The van der Waals surface area contributed by atoms with Crippen LogP contribution in [0.1, 0.15) is 5.69 Å². The Labute approximate surface area is 161 Å². The number of aliphatic carboxylic acids is 1. The quantitative estimate of drug-likeness (QED) is 0.563. The predicted octanol–water partition coefficient (Wildman–Crippen LogP) is 3.90. The topological polar surface area (TPSA) is 77.9 Å². The highest BCUT2D eigenvalue weighted by molar-refractivity contribution is 7.13. The van der Waals surface area contributed by atoms with Crippen LogP contribution in [0.25, 0.3) is 10.6 Å². The largest absolute Gasteiger partial charge is 0.493 e. The molecular weight excluding hydrogens is 366 g/mol. The van der Waals surface area contributed by atoms with Gasteiger partial charge in [-0.1, -0.05) is 18.2 Å². The first-order valence-corrected chi connectivity index (χ1v) is 9.19. The van der Waals surface area contributed by atoms with Gasteiger partial charge in [0, 0.05) is 10.9 Å². The lowest BCUT2D eigenvalue weighted by Crippen LogP contribution is -2.09. The molecular formula is C20H19NO5S. The number of methoxy groups -OCH3 is 1. The standard InChI is InChI=1S/C20H19NO5S/c1-24-18-11-14(20-21-15(13-27-20)12-19(22)23)7-8-17(18)26-10-9-25-16-5-3-2-4-6-16/h2-8,11,13H,9-10,12H2,1H3,(H,22,23). The molecule has 0 fully saturated rings. The van der Waals surface area contributed by atoms with Crippen LogP contribution in [0.2, 0.25) is 0 Å². The van der Waals surface area contributed by atoms with E-state index in [0.717, 1.165) is 16.3 Å². The molecule has 6 nitrogen and oxygen atoms in total. The summed E-state index contributed by atoms with van der Waals surface area (Å²) in [6, 6.07) is 15.1. The molecule has 2 aromatic carbocycles. The van der Waals surface area contributed by atoms with Crippen LogP contribution in [0.3, 0.4) is 0 Å². The monoisotopic (exact) mass is 385 g/mol. The molecule has 140 valence electrons. The van der Waals surface area contributed by atoms with Gasteiger partial charge in [0.25, 0.3) is 0 Å². The maximum absolute atomic E-state index is 10.8. The van der Waals surface area contributed by atoms with Gasteiger partial charge < -0.3 is 19.3 Å². The first-order valence-electron chi connectivity index (χ1n) is 8.31. The van der Waals surface area contributed by atoms with Crippen LogP contribution in [0, 0.1) is 0 Å². The molecule has 7 heteroatoms. The molecule has 3 rings (SSSR count). The molecule has 0 saturated carbocycles. The molecule has 0 aliphatic heterocycles. The molecule has 0 atom stereocenters. The predicted molar refractivity (Wildman–Crippen MR) is 103 cm³/mol. The van der Waals surface area contributed by atoms with Crippen molar-refractivity contribution in [2.24, 2.45) is 0 Å². The van der Waals surface area contributed by atoms with Crippen molar-refractivity contribution in [2.75, 3.05) is 20.3 Å². The number of carboxylic acids is 1. The molecule has 1 aromatic heterocycles. The zero-order valence-corrected chi connectivity index (χ0v) is 15.6. The number of benzene rings is 2. The molecule has 27 heavy (non-hydrogen) atoms. The van der Waals surface area contributed by atoms with Gasteiger partial charge in [-0.3, -0.25) is 4.79 Å². The van der Waals surface area contributed by atoms with Crippen molar-refractivity contribution in [3.8, 4) is 27.8 Å². The van der Waals surface area contributed by atoms with Gasteiger partial charge in [-0.05, 0) is 30.3 Å². The number of ether oxygens (including phenoxy) is 3. The van der Waals surface area contributed by atoms with E-state index in [4.69, 9.17) is 19.3 Å². The van der Waals surface area contributed by atoms with Crippen LogP contribution in [-0.4, -0.2) is 36.4 Å². The Balaban J connectivity index is 1.62. The summed E-state index contributed by atoms with van der Waals surface area (Å²) in [7, 11) is 1.57. The minimum atomic E-state index is -0.897. The van der Waals surface area contributed by atoms with Gasteiger partial charge >= 0.3 is 5.97 Å². The molecule has 0 bridgehead atoms. The summed E-state index contributed by atoms with van der Waals surface area (Å²) in [4.78, 5) is 15.1. The molecule has 0 amide bonds. The summed E-state index contributed by atoms with van der Waals surface area (Å²) in [6.45, 7) is 0.796. The average Bonchev–Trinajstić information content (AvgIpc) is 3.14. The van der Waals surface area contributed by atoms with Gasteiger partial charge in [0.15, 0.2) is 11.5 Å². The molecule has 3 aromatic rings. The maximum Gasteiger partial charge on any atom is 0.309 e. The van der Waals surface area contributed by atoms with Gasteiger partial charge in [0.2, 0.25) is 0 Å². The van der Waals surface area contributed by atoms with Crippen molar-refractivity contribution >= 4 is 17.3 Å². The number of hydrogen-bond donors (Lipinski definition) is 1. The minimum absolute atomic E-state index is 0.0871. The fourth-order valence-corrected chi connectivity index (χ4v) is 3.24. The van der Waals surface area contributed by atoms with Gasteiger partial charge in [0.05, 0.1) is 19.2 Å². The van der Waals surface area contributed by atoms with Crippen LogP contribution >= 0.6 is 11.3 Å². The van der Waals surface area contributed by atoms with E-state index in [1.807, 2.05) is 48.5 Å². The van der Waals surface area contributed by atoms with Gasteiger partial charge in [-0.15, -0.1) is 11.3 Å². The molecule has 1 heterocycles. The fraction of sp³-hybridized carbons (Fsp3) is 0.200. The Morgan fingerprint density at radius 1 is 1.07 bits per heavy atom. The van der Waals surface area contributed by atoms with E-state index in [1.165, 1.54) is 11.3 Å². The first-order chi connectivity index (χ1) is 13.2. The van der Waals surface area contributed by atoms with E-state index in [9.17, 15) is 4.79 Å². The zero-order chi connectivity index (χ0) is 19.1. The minimum Gasteiger partial charge on any atom is -0.493 e. The smallest absolute Gasteiger partial charge is 0.309 e. The summed E-state index contributed by atoms with van der Waals surface area (Å²) in [5, 5.41) is 11.3. The Kier molecular flexibility index (Phi) is 6.27. The molecule has 1 N–H and O–H groups in total. The van der Waals surface area contributed by atoms with Crippen LogP contribution in [0.15, 0.2) is 53.9 Å².